The maximum atomic E-state index is 10.6. The highest BCUT2D eigenvalue weighted by Crippen LogP contribution is 2.34. The van der Waals surface area contributed by atoms with Crippen LogP contribution in [0, 0.1) is 38.8 Å². The van der Waals surface area contributed by atoms with Crippen molar-refractivity contribution in [2.24, 2.45) is 0 Å². The molecule has 0 bridgehead atoms. The van der Waals surface area contributed by atoms with Crippen LogP contribution < -0.4 is 20.3 Å². The first-order valence-corrected chi connectivity index (χ1v) is 12.2. The lowest BCUT2D eigenvalue weighted by molar-refractivity contribution is -0.707. The minimum absolute atomic E-state index is 0.305. The summed E-state index contributed by atoms with van der Waals surface area (Å²) in [6, 6.07) is 1.22. The van der Waals surface area contributed by atoms with Gasteiger partial charge in [-0.05, 0) is 55.4 Å². The van der Waals surface area contributed by atoms with Crippen molar-refractivity contribution < 1.29 is 9.13 Å². The molecule has 0 aromatic carbocycles. The van der Waals surface area contributed by atoms with Gasteiger partial charge >= 0.3 is 11.1 Å². The second-order valence-electron chi connectivity index (χ2n) is 9.23. The number of nitrogens with zero attached hydrogens (tertiary/aromatic N) is 5. The van der Waals surface area contributed by atoms with Gasteiger partial charge in [0.25, 0.3) is 0 Å². The first-order chi connectivity index (χ1) is 13.4. The highest BCUT2D eigenvalue weighted by molar-refractivity contribution is 7.76. The van der Waals surface area contributed by atoms with Gasteiger partial charge in [0, 0.05) is 27.7 Å². The van der Waals surface area contributed by atoms with E-state index >= 15 is 0 Å². The summed E-state index contributed by atoms with van der Waals surface area (Å²) in [6.07, 6.45) is 0. The van der Waals surface area contributed by atoms with Crippen molar-refractivity contribution in [3.05, 3.63) is 22.8 Å². The summed E-state index contributed by atoms with van der Waals surface area (Å²) in [6.45, 7) is 26.5. The first kappa shape index (κ1) is 23.6. The van der Waals surface area contributed by atoms with Gasteiger partial charge in [-0.25, -0.2) is 18.3 Å². The van der Waals surface area contributed by atoms with Crippen LogP contribution in [0.3, 0.4) is 0 Å². The van der Waals surface area contributed by atoms with Gasteiger partial charge in [-0.2, -0.15) is 5.26 Å². The summed E-state index contributed by atoms with van der Waals surface area (Å²) >= 11 is 0. The van der Waals surface area contributed by atoms with Crippen molar-refractivity contribution in [2.75, 3.05) is 0 Å². The SMILES string of the molecule is Cc1c(C)[n+](C(C)C)c(P(C#N)c2n(C(C)C)c(C)c(C)[n+]2C(C)C)n1C(C)C. The standard InChI is InChI=1S/C23H40N5P/c1-14(2)25-18(9)19(10)26(15(3)4)22(25)29(13-24)23-27(16(5)6)20(11)21(12)28(23)17(7)8/h14-17H,1-12H3/q+2. The molecular weight excluding hydrogens is 377 g/mol. The molecule has 5 nitrogen and oxygen atoms in total. The molecule has 2 aromatic rings. The van der Waals surface area contributed by atoms with Gasteiger partial charge in [0.1, 0.15) is 28.6 Å². The monoisotopic (exact) mass is 417 g/mol. The lowest BCUT2D eigenvalue weighted by atomic mass is 10.3. The average molecular weight is 418 g/mol. The number of imidazole rings is 2. The molecule has 0 atom stereocenters. The third kappa shape index (κ3) is 3.77. The Labute approximate surface area is 178 Å². The van der Waals surface area contributed by atoms with Crippen molar-refractivity contribution in [3.8, 4) is 5.81 Å². The summed E-state index contributed by atoms with van der Waals surface area (Å²) in [7, 11) is -1.19. The van der Waals surface area contributed by atoms with Gasteiger partial charge < -0.3 is 0 Å². The van der Waals surface area contributed by atoms with Crippen LogP contribution in [-0.2, 0) is 0 Å². The predicted molar refractivity (Wildman–Crippen MR) is 122 cm³/mol. The van der Waals surface area contributed by atoms with Crippen LogP contribution in [0.15, 0.2) is 0 Å². The topological polar surface area (TPSA) is 41.4 Å². The molecule has 0 spiro atoms. The van der Waals surface area contributed by atoms with Gasteiger partial charge in [0.15, 0.2) is 0 Å². The Balaban J connectivity index is 3.03. The fourth-order valence-electron chi connectivity index (χ4n) is 4.61. The molecule has 0 amide bonds. The zero-order chi connectivity index (χ0) is 22.4. The predicted octanol–water partition coefficient (Wildman–Crippen LogP) is 4.34. The zero-order valence-electron chi connectivity index (χ0n) is 20.5. The highest BCUT2D eigenvalue weighted by atomic mass is 31.1. The smallest absolute Gasteiger partial charge is 0.224 e. The molecule has 0 unspecified atom stereocenters. The van der Waals surface area contributed by atoms with E-state index < -0.39 is 7.92 Å². The summed E-state index contributed by atoms with van der Waals surface area (Å²) < 4.78 is 9.60. The minimum atomic E-state index is -1.19. The minimum Gasteiger partial charge on any atom is -0.224 e. The van der Waals surface area contributed by atoms with Crippen LogP contribution in [0.1, 0.15) is 102 Å². The van der Waals surface area contributed by atoms with Gasteiger partial charge in [-0.3, -0.25) is 0 Å². The molecule has 0 aliphatic rings. The summed E-state index contributed by atoms with van der Waals surface area (Å²) in [5.74, 6) is 2.78. The Hall–Kier alpha value is -1.66. The van der Waals surface area contributed by atoms with Gasteiger partial charge in [0.05, 0.1) is 24.2 Å². The van der Waals surface area contributed by atoms with E-state index in [1.54, 1.807) is 0 Å². The van der Waals surface area contributed by atoms with E-state index in [9.17, 15) is 5.26 Å². The van der Waals surface area contributed by atoms with E-state index in [0.717, 1.165) is 11.1 Å². The van der Waals surface area contributed by atoms with Crippen molar-refractivity contribution in [3.63, 3.8) is 0 Å². The molecule has 0 fully saturated rings. The van der Waals surface area contributed by atoms with Crippen LogP contribution in [0.5, 0.6) is 0 Å². The fourth-order valence-corrected chi connectivity index (χ4v) is 7.36. The van der Waals surface area contributed by atoms with Crippen LogP contribution in [-0.4, -0.2) is 9.13 Å². The van der Waals surface area contributed by atoms with Crippen LogP contribution in [0.4, 0.5) is 0 Å². The molecule has 0 aliphatic carbocycles. The molecule has 29 heavy (non-hydrogen) atoms. The fraction of sp³-hybridized carbons (Fsp3) is 0.696. The molecule has 0 saturated heterocycles. The lowest BCUT2D eigenvalue weighted by Crippen LogP contribution is -2.58. The number of nitriles is 1. The molecule has 0 radical (unpaired) electrons. The Morgan fingerprint density at radius 2 is 1.00 bits per heavy atom. The zero-order valence-corrected chi connectivity index (χ0v) is 21.4. The number of hydrogen-bond acceptors (Lipinski definition) is 1. The molecule has 160 valence electrons. The second-order valence-corrected chi connectivity index (χ2v) is 10.9. The molecular formula is C23H40N5P+2. The number of hydrogen-bond donors (Lipinski definition) is 0. The molecule has 0 aliphatic heterocycles. The van der Waals surface area contributed by atoms with Gasteiger partial charge in [-0.15, -0.1) is 0 Å². The quantitative estimate of drug-likeness (QED) is 0.509. The van der Waals surface area contributed by atoms with E-state index in [1.165, 1.54) is 22.8 Å². The Bertz CT molecular complexity index is 805. The van der Waals surface area contributed by atoms with Crippen molar-refractivity contribution in [2.45, 2.75) is 107 Å². The van der Waals surface area contributed by atoms with Crippen LogP contribution in [0.2, 0.25) is 0 Å². The third-order valence-electron chi connectivity index (χ3n) is 5.92. The van der Waals surface area contributed by atoms with Crippen molar-refractivity contribution in [1.29, 1.82) is 5.26 Å². The van der Waals surface area contributed by atoms with Gasteiger partial charge in [0.2, 0.25) is 7.92 Å². The molecule has 2 rings (SSSR count). The molecule has 2 heterocycles. The number of aromatic nitrogens is 4. The maximum Gasteiger partial charge on any atom is 0.305 e. The third-order valence-corrected chi connectivity index (χ3v) is 7.78. The number of rotatable bonds is 6. The highest BCUT2D eigenvalue weighted by Gasteiger charge is 2.45. The molecule has 2 aromatic heterocycles. The van der Waals surface area contributed by atoms with E-state index in [0.29, 0.717) is 24.2 Å². The van der Waals surface area contributed by atoms with Crippen LogP contribution in [0.25, 0.3) is 0 Å². The average Bonchev–Trinajstić information content (AvgIpc) is 3.01. The maximum absolute atomic E-state index is 10.6. The summed E-state index contributed by atoms with van der Waals surface area (Å²) in [5.41, 5.74) is 7.38. The normalized spacial score (nSPS) is 12.3. The van der Waals surface area contributed by atoms with E-state index in [4.69, 9.17) is 0 Å². The second kappa shape index (κ2) is 8.60. The van der Waals surface area contributed by atoms with E-state index in [1.807, 2.05) is 0 Å². The van der Waals surface area contributed by atoms with Gasteiger partial charge in [-0.1, -0.05) is 0 Å². The Kier molecular flexibility index (Phi) is 7.01. The van der Waals surface area contributed by atoms with Crippen molar-refractivity contribution >= 4 is 19.1 Å². The molecule has 0 N–H and O–H groups in total. The van der Waals surface area contributed by atoms with Crippen molar-refractivity contribution in [1.82, 2.24) is 9.13 Å². The van der Waals surface area contributed by atoms with E-state index in [-0.39, 0.29) is 0 Å². The summed E-state index contributed by atoms with van der Waals surface area (Å²) in [5, 5.41) is 10.6. The first-order valence-electron chi connectivity index (χ1n) is 10.8. The van der Waals surface area contributed by atoms with E-state index in [2.05, 4.69) is 107 Å². The largest absolute Gasteiger partial charge is 0.305 e. The van der Waals surface area contributed by atoms with Crippen LogP contribution >= 0.6 is 7.92 Å². The Morgan fingerprint density at radius 3 is 1.21 bits per heavy atom. The Morgan fingerprint density at radius 1 is 0.690 bits per heavy atom. The molecule has 0 saturated carbocycles. The lowest BCUT2D eigenvalue weighted by Gasteiger charge is -2.16. The summed E-state index contributed by atoms with van der Waals surface area (Å²) in [4.78, 5) is 0. The molecule has 6 heteroatoms.